The van der Waals surface area contributed by atoms with Gasteiger partial charge in [0.05, 0.1) is 5.56 Å². The smallest absolute Gasteiger partial charge is 0.351 e. The van der Waals surface area contributed by atoms with Crippen LogP contribution in [0.25, 0.3) is 0 Å². The average molecular weight is 339 g/mol. The third-order valence-corrected chi connectivity index (χ3v) is 3.77. The molecule has 0 fully saturated rings. The molecule has 0 spiro atoms. The molecule has 0 atom stereocenters. The number of halogens is 4. The third kappa shape index (κ3) is 4.34. The molecule has 2 aromatic rings. The molecule has 2 rings (SSSR count). The largest absolute Gasteiger partial charge is 0.416 e. The van der Waals surface area contributed by atoms with Crippen LogP contribution in [-0.2, 0) is 11.6 Å². The first-order valence-corrected chi connectivity index (χ1v) is 7.31. The summed E-state index contributed by atoms with van der Waals surface area (Å²) in [5, 5.41) is 2.67. The highest BCUT2D eigenvalue weighted by atomic mass is 19.4. The number of hydrogen-bond donors (Lipinski definition) is 1. The standard InChI is InChI=1S/C18H17F4NO/c1-17(2,13-4-3-5-14(10-13)18(20,21)22)11-23-16(24)12-6-8-15(19)9-7-12/h3-10H,11H2,1-2H3,(H,23,24). The molecule has 24 heavy (non-hydrogen) atoms. The fraction of sp³-hybridized carbons (Fsp3) is 0.278. The predicted molar refractivity (Wildman–Crippen MR) is 83.2 cm³/mol. The van der Waals surface area contributed by atoms with E-state index in [4.69, 9.17) is 0 Å². The quantitative estimate of drug-likeness (QED) is 0.814. The molecule has 0 saturated heterocycles. The minimum Gasteiger partial charge on any atom is -0.351 e. The molecule has 0 unspecified atom stereocenters. The fourth-order valence-corrected chi connectivity index (χ4v) is 2.22. The van der Waals surface area contributed by atoms with Crippen molar-refractivity contribution in [3.05, 3.63) is 71.0 Å². The average Bonchev–Trinajstić information content (AvgIpc) is 2.53. The molecule has 0 heterocycles. The van der Waals surface area contributed by atoms with Crippen LogP contribution in [0, 0.1) is 5.82 Å². The zero-order chi connectivity index (χ0) is 18.0. The molecule has 1 N–H and O–H groups in total. The van der Waals surface area contributed by atoms with Gasteiger partial charge in [-0.1, -0.05) is 32.0 Å². The van der Waals surface area contributed by atoms with Gasteiger partial charge in [-0.05, 0) is 35.9 Å². The van der Waals surface area contributed by atoms with Gasteiger partial charge in [0.15, 0.2) is 0 Å². The zero-order valence-electron chi connectivity index (χ0n) is 13.2. The molecule has 2 nitrogen and oxygen atoms in total. The van der Waals surface area contributed by atoms with Crippen LogP contribution >= 0.6 is 0 Å². The molecule has 2 aromatic carbocycles. The van der Waals surface area contributed by atoms with Gasteiger partial charge >= 0.3 is 6.18 Å². The van der Waals surface area contributed by atoms with Crippen LogP contribution < -0.4 is 5.32 Å². The van der Waals surface area contributed by atoms with E-state index in [0.29, 0.717) is 5.56 Å². The molecular formula is C18H17F4NO. The number of alkyl halides is 3. The Balaban J connectivity index is 2.11. The van der Waals surface area contributed by atoms with Gasteiger partial charge < -0.3 is 5.32 Å². The molecule has 1 amide bonds. The van der Waals surface area contributed by atoms with Crippen LogP contribution in [0.2, 0.25) is 0 Å². The van der Waals surface area contributed by atoms with Gasteiger partial charge in [-0.2, -0.15) is 13.2 Å². The van der Waals surface area contributed by atoms with Gasteiger partial charge in [0, 0.05) is 17.5 Å². The number of carbonyl (C=O) groups is 1. The number of amides is 1. The summed E-state index contributed by atoms with van der Waals surface area (Å²) in [6.07, 6.45) is -4.41. The Kier molecular flexibility index (Phi) is 4.96. The highest BCUT2D eigenvalue weighted by molar-refractivity contribution is 5.94. The maximum absolute atomic E-state index is 12.9. The summed E-state index contributed by atoms with van der Waals surface area (Å²) in [6, 6.07) is 10.1. The topological polar surface area (TPSA) is 29.1 Å². The predicted octanol–water partition coefficient (Wildman–Crippen LogP) is 4.55. The minimum absolute atomic E-state index is 0.143. The molecule has 0 aliphatic rings. The Morgan fingerprint density at radius 2 is 1.58 bits per heavy atom. The van der Waals surface area contributed by atoms with Crippen LogP contribution in [0.3, 0.4) is 0 Å². The Morgan fingerprint density at radius 3 is 2.17 bits per heavy atom. The molecule has 128 valence electrons. The van der Waals surface area contributed by atoms with E-state index < -0.39 is 28.9 Å². The van der Waals surface area contributed by atoms with E-state index in [0.717, 1.165) is 12.1 Å². The summed E-state index contributed by atoms with van der Waals surface area (Å²) in [5.41, 5.74) is -0.664. The SMILES string of the molecule is CC(C)(CNC(=O)c1ccc(F)cc1)c1cccc(C(F)(F)F)c1. The summed E-state index contributed by atoms with van der Waals surface area (Å²) in [4.78, 5) is 12.0. The van der Waals surface area contributed by atoms with Gasteiger partial charge in [0.1, 0.15) is 5.82 Å². The lowest BCUT2D eigenvalue weighted by Crippen LogP contribution is -2.36. The van der Waals surface area contributed by atoms with E-state index >= 15 is 0 Å². The molecule has 0 bridgehead atoms. The number of rotatable bonds is 4. The van der Waals surface area contributed by atoms with Crippen LogP contribution in [0.5, 0.6) is 0 Å². The Bertz CT molecular complexity index is 721. The van der Waals surface area contributed by atoms with Crippen LogP contribution in [0.15, 0.2) is 48.5 Å². The normalized spacial score (nSPS) is 12.1. The van der Waals surface area contributed by atoms with Crippen molar-refractivity contribution in [2.45, 2.75) is 25.4 Å². The first-order chi connectivity index (χ1) is 11.1. The van der Waals surface area contributed by atoms with Crippen molar-refractivity contribution in [3.8, 4) is 0 Å². The zero-order valence-corrected chi connectivity index (χ0v) is 13.2. The summed E-state index contributed by atoms with van der Waals surface area (Å²) in [6.45, 7) is 3.63. The van der Waals surface area contributed by atoms with Crippen molar-refractivity contribution >= 4 is 5.91 Å². The summed E-state index contributed by atoms with van der Waals surface area (Å²) in [7, 11) is 0. The van der Waals surface area contributed by atoms with E-state index in [2.05, 4.69) is 5.32 Å². The van der Waals surface area contributed by atoms with Gasteiger partial charge in [-0.15, -0.1) is 0 Å². The van der Waals surface area contributed by atoms with Gasteiger partial charge in [0.25, 0.3) is 5.91 Å². The molecule has 0 aliphatic carbocycles. The van der Waals surface area contributed by atoms with Crippen molar-refractivity contribution < 1.29 is 22.4 Å². The van der Waals surface area contributed by atoms with Crippen molar-refractivity contribution in [1.29, 1.82) is 0 Å². The Labute approximate surface area is 137 Å². The lowest BCUT2D eigenvalue weighted by Gasteiger charge is -2.26. The van der Waals surface area contributed by atoms with Crippen molar-refractivity contribution in [2.75, 3.05) is 6.54 Å². The van der Waals surface area contributed by atoms with Crippen molar-refractivity contribution in [2.24, 2.45) is 0 Å². The molecule has 0 aromatic heterocycles. The Hall–Kier alpha value is -2.37. The lowest BCUT2D eigenvalue weighted by atomic mass is 9.83. The van der Waals surface area contributed by atoms with E-state index in [1.165, 1.54) is 30.3 Å². The van der Waals surface area contributed by atoms with E-state index in [-0.39, 0.29) is 12.1 Å². The second kappa shape index (κ2) is 6.63. The first-order valence-electron chi connectivity index (χ1n) is 7.31. The second-order valence-corrected chi connectivity index (χ2v) is 6.15. The maximum atomic E-state index is 12.9. The van der Waals surface area contributed by atoms with Crippen LogP contribution in [-0.4, -0.2) is 12.5 Å². The highest BCUT2D eigenvalue weighted by Crippen LogP contribution is 2.32. The van der Waals surface area contributed by atoms with Gasteiger partial charge in [-0.3, -0.25) is 4.79 Å². The highest BCUT2D eigenvalue weighted by Gasteiger charge is 2.32. The van der Waals surface area contributed by atoms with E-state index in [1.807, 2.05) is 0 Å². The summed E-state index contributed by atoms with van der Waals surface area (Å²) >= 11 is 0. The lowest BCUT2D eigenvalue weighted by molar-refractivity contribution is -0.137. The summed E-state index contributed by atoms with van der Waals surface area (Å²) in [5.74, 6) is -0.856. The summed E-state index contributed by atoms with van der Waals surface area (Å²) < 4.78 is 51.3. The second-order valence-electron chi connectivity index (χ2n) is 6.15. The number of nitrogens with one attached hydrogen (secondary N) is 1. The monoisotopic (exact) mass is 339 g/mol. The van der Waals surface area contributed by atoms with Crippen molar-refractivity contribution in [1.82, 2.24) is 5.32 Å². The molecule has 6 heteroatoms. The van der Waals surface area contributed by atoms with Gasteiger partial charge in [0.2, 0.25) is 0 Å². The van der Waals surface area contributed by atoms with E-state index in [1.54, 1.807) is 19.9 Å². The fourth-order valence-electron chi connectivity index (χ4n) is 2.22. The minimum atomic E-state index is -4.41. The van der Waals surface area contributed by atoms with Crippen molar-refractivity contribution in [3.63, 3.8) is 0 Å². The first kappa shape index (κ1) is 18.0. The molecule has 0 saturated carbocycles. The molecule has 0 radical (unpaired) electrons. The molecular weight excluding hydrogens is 322 g/mol. The van der Waals surface area contributed by atoms with E-state index in [9.17, 15) is 22.4 Å². The van der Waals surface area contributed by atoms with Gasteiger partial charge in [-0.25, -0.2) is 4.39 Å². The van der Waals surface area contributed by atoms with Crippen LogP contribution in [0.1, 0.15) is 35.3 Å². The third-order valence-electron chi connectivity index (χ3n) is 3.77. The maximum Gasteiger partial charge on any atom is 0.416 e. The number of benzene rings is 2. The molecule has 0 aliphatic heterocycles. The van der Waals surface area contributed by atoms with Crippen LogP contribution in [0.4, 0.5) is 17.6 Å². The number of hydrogen-bond acceptors (Lipinski definition) is 1. The Morgan fingerprint density at radius 1 is 1.00 bits per heavy atom. The number of carbonyl (C=O) groups excluding carboxylic acids is 1.